The molecule has 0 aliphatic carbocycles. The Morgan fingerprint density at radius 3 is 2.23 bits per heavy atom. The highest BCUT2D eigenvalue weighted by molar-refractivity contribution is 5.99. The highest BCUT2D eigenvalue weighted by atomic mass is 16.5. The Labute approximate surface area is 154 Å². The Hall–Kier alpha value is -2.50. The van der Waals surface area contributed by atoms with Crippen molar-refractivity contribution in [3.63, 3.8) is 0 Å². The molecule has 1 heterocycles. The number of amides is 1. The quantitative estimate of drug-likeness (QED) is 0.777. The number of rotatable bonds is 7. The Bertz CT molecular complexity index is 713. The van der Waals surface area contributed by atoms with E-state index in [0.717, 1.165) is 5.56 Å². The van der Waals surface area contributed by atoms with Crippen molar-refractivity contribution >= 4 is 11.7 Å². The predicted molar refractivity (Wildman–Crippen MR) is 99.9 cm³/mol. The molecule has 1 atom stereocenters. The molecular formula is C21H24N2O3. The Balaban J connectivity index is 1.68. The van der Waals surface area contributed by atoms with Crippen molar-refractivity contribution in [1.82, 2.24) is 10.2 Å². The van der Waals surface area contributed by atoms with Crippen molar-refractivity contribution in [3.8, 4) is 0 Å². The number of carbonyl (C=O) groups is 2. The molecule has 1 fully saturated rings. The average molecular weight is 352 g/mol. The van der Waals surface area contributed by atoms with Crippen molar-refractivity contribution in [2.75, 3.05) is 26.3 Å². The molecule has 1 unspecified atom stereocenters. The van der Waals surface area contributed by atoms with Crippen LogP contribution in [0.2, 0.25) is 0 Å². The van der Waals surface area contributed by atoms with E-state index in [1.165, 1.54) is 0 Å². The first kappa shape index (κ1) is 18.3. The minimum atomic E-state index is -0.477. The number of hydrogen-bond acceptors (Lipinski definition) is 4. The average Bonchev–Trinajstić information content (AvgIpc) is 2.72. The van der Waals surface area contributed by atoms with E-state index in [0.29, 0.717) is 38.4 Å². The second kappa shape index (κ2) is 9.27. The fraction of sp³-hybridized carbons (Fsp3) is 0.333. The standard InChI is InChI=1S/C21H24N2O3/c24-20(18-9-5-2-6-10-18)15-19(23-11-13-26-14-12-23)21(25)22-16-17-7-3-1-4-8-17/h1-10,19H,11-16H2,(H,22,25). The van der Waals surface area contributed by atoms with Gasteiger partial charge in [-0.05, 0) is 5.56 Å². The van der Waals surface area contributed by atoms with Crippen molar-refractivity contribution in [1.29, 1.82) is 0 Å². The Morgan fingerprint density at radius 2 is 1.58 bits per heavy atom. The van der Waals surface area contributed by atoms with Crippen molar-refractivity contribution in [2.24, 2.45) is 0 Å². The summed E-state index contributed by atoms with van der Waals surface area (Å²) in [6, 6.07) is 18.4. The lowest BCUT2D eigenvalue weighted by atomic mass is 10.0. The first-order chi connectivity index (χ1) is 12.7. The van der Waals surface area contributed by atoms with Gasteiger partial charge < -0.3 is 10.1 Å². The maximum atomic E-state index is 12.8. The number of benzene rings is 2. The van der Waals surface area contributed by atoms with Crippen LogP contribution < -0.4 is 5.32 Å². The molecule has 0 bridgehead atoms. The van der Waals surface area contributed by atoms with Gasteiger partial charge in [-0.15, -0.1) is 0 Å². The molecular weight excluding hydrogens is 328 g/mol. The molecule has 1 N–H and O–H groups in total. The van der Waals surface area contributed by atoms with Crippen LogP contribution in [-0.4, -0.2) is 48.9 Å². The van der Waals surface area contributed by atoms with Gasteiger partial charge in [-0.1, -0.05) is 60.7 Å². The lowest BCUT2D eigenvalue weighted by molar-refractivity contribution is -0.128. The fourth-order valence-electron chi connectivity index (χ4n) is 3.10. The van der Waals surface area contributed by atoms with Crippen molar-refractivity contribution < 1.29 is 14.3 Å². The van der Waals surface area contributed by atoms with Gasteiger partial charge in [0.1, 0.15) is 0 Å². The smallest absolute Gasteiger partial charge is 0.238 e. The molecule has 0 aromatic heterocycles. The molecule has 1 amide bonds. The zero-order valence-corrected chi connectivity index (χ0v) is 14.8. The lowest BCUT2D eigenvalue weighted by Gasteiger charge is -2.33. The fourth-order valence-corrected chi connectivity index (χ4v) is 3.10. The van der Waals surface area contributed by atoms with E-state index in [-0.39, 0.29) is 18.1 Å². The molecule has 1 saturated heterocycles. The molecule has 5 heteroatoms. The molecule has 1 aliphatic heterocycles. The summed E-state index contributed by atoms with van der Waals surface area (Å²) in [5.41, 5.74) is 1.68. The zero-order chi connectivity index (χ0) is 18.2. The largest absolute Gasteiger partial charge is 0.379 e. The number of hydrogen-bond donors (Lipinski definition) is 1. The van der Waals surface area contributed by atoms with Crippen LogP contribution in [-0.2, 0) is 16.1 Å². The summed E-state index contributed by atoms with van der Waals surface area (Å²) < 4.78 is 5.39. The highest BCUT2D eigenvalue weighted by Crippen LogP contribution is 2.13. The van der Waals surface area contributed by atoms with E-state index < -0.39 is 6.04 Å². The molecule has 2 aromatic rings. The first-order valence-corrected chi connectivity index (χ1v) is 8.96. The van der Waals surface area contributed by atoms with Gasteiger partial charge in [0.25, 0.3) is 0 Å². The number of carbonyl (C=O) groups excluding carboxylic acids is 2. The van der Waals surface area contributed by atoms with E-state index in [2.05, 4.69) is 5.32 Å². The van der Waals surface area contributed by atoms with E-state index in [4.69, 9.17) is 4.74 Å². The molecule has 136 valence electrons. The highest BCUT2D eigenvalue weighted by Gasteiger charge is 2.29. The van der Waals surface area contributed by atoms with Gasteiger partial charge >= 0.3 is 0 Å². The molecule has 26 heavy (non-hydrogen) atoms. The van der Waals surface area contributed by atoms with E-state index in [1.54, 1.807) is 12.1 Å². The number of nitrogens with zero attached hydrogens (tertiary/aromatic N) is 1. The van der Waals surface area contributed by atoms with Crippen LogP contribution in [0.3, 0.4) is 0 Å². The van der Waals surface area contributed by atoms with Gasteiger partial charge in [0.2, 0.25) is 5.91 Å². The van der Waals surface area contributed by atoms with Crippen LogP contribution >= 0.6 is 0 Å². The number of Topliss-reactive ketones (excluding diaryl/α,β-unsaturated/α-hetero) is 1. The second-order valence-corrected chi connectivity index (χ2v) is 6.36. The summed E-state index contributed by atoms with van der Waals surface area (Å²) in [4.78, 5) is 27.5. The molecule has 0 radical (unpaired) electrons. The van der Waals surface area contributed by atoms with Crippen molar-refractivity contribution in [2.45, 2.75) is 19.0 Å². The summed E-state index contributed by atoms with van der Waals surface area (Å²) in [6.07, 6.45) is 0.171. The van der Waals surface area contributed by atoms with Gasteiger partial charge in [0, 0.05) is 31.6 Å². The van der Waals surface area contributed by atoms with Gasteiger partial charge in [-0.25, -0.2) is 0 Å². The maximum absolute atomic E-state index is 12.8. The topological polar surface area (TPSA) is 58.6 Å². The van der Waals surface area contributed by atoms with Crippen LogP contribution in [0.4, 0.5) is 0 Å². The summed E-state index contributed by atoms with van der Waals surface area (Å²) >= 11 is 0. The molecule has 1 aliphatic rings. The third-order valence-corrected chi connectivity index (χ3v) is 4.57. The monoisotopic (exact) mass is 352 g/mol. The maximum Gasteiger partial charge on any atom is 0.238 e. The van der Waals surface area contributed by atoms with Crippen molar-refractivity contribution in [3.05, 3.63) is 71.8 Å². The number of nitrogens with one attached hydrogen (secondary N) is 1. The minimum absolute atomic E-state index is 0.0167. The summed E-state index contributed by atoms with van der Waals surface area (Å²) in [5, 5.41) is 2.98. The zero-order valence-electron chi connectivity index (χ0n) is 14.8. The molecule has 0 spiro atoms. The normalized spacial score (nSPS) is 16.0. The lowest BCUT2D eigenvalue weighted by Crippen LogP contribution is -2.51. The van der Waals surface area contributed by atoms with Crippen LogP contribution in [0.1, 0.15) is 22.3 Å². The second-order valence-electron chi connectivity index (χ2n) is 6.36. The van der Waals surface area contributed by atoms with Crippen LogP contribution in [0, 0.1) is 0 Å². The number of morpholine rings is 1. The van der Waals surface area contributed by atoms with Gasteiger partial charge in [-0.3, -0.25) is 14.5 Å². The number of ether oxygens (including phenoxy) is 1. The predicted octanol–water partition coefficient (Wildman–Crippen LogP) is 2.28. The van der Waals surface area contributed by atoms with E-state index in [1.807, 2.05) is 53.4 Å². The minimum Gasteiger partial charge on any atom is -0.379 e. The molecule has 2 aromatic carbocycles. The summed E-state index contributed by atoms with van der Waals surface area (Å²) in [6.45, 7) is 2.95. The van der Waals surface area contributed by atoms with Gasteiger partial charge in [-0.2, -0.15) is 0 Å². The SMILES string of the molecule is O=C(CC(C(=O)NCc1ccccc1)N1CCOCC1)c1ccccc1. The molecule has 3 rings (SSSR count). The Kier molecular flexibility index (Phi) is 6.52. The van der Waals surface area contributed by atoms with Gasteiger partial charge in [0.15, 0.2) is 5.78 Å². The Morgan fingerprint density at radius 1 is 0.962 bits per heavy atom. The molecule has 5 nitrogen and oxygen atoms in total. The number of ketones is 1. The third-order valence-electron chi connectivity index (χ3n) is 4.57. The molecule has 0 saturated carbocycles. The summed E-state index contributed by atoms with van der Waals surface area (Å²) in [5.74, 6) is -0.128. The summed E-state index contributed by atoms with van der Waals surface area (Å²) in [7, 11) is 0. The van der Waals surface area contributed by atoms with E-state index in [9.17, 15) is 9.59 Å². The van der Waals surface area contributed by atoms with Crippen LogP contribution in [0.5, 0.6) is 0 Å². The van der Waals surface area contributed by atoms with E-state index >= 15 is 0 Å². The van der Waals surface area contributed by atoms with Crippen LogP contribution in [0.25, 0.3) is 0 Å². The van der Waals surface area contributed by atoms with Crippen LogP contribution in [0.15, 0.2) is 60.7 Å². The first-order valence-electron chi connectivity index (χ1n) is 8.96. The third kappa shape index (κ3) is 5.00. The van der Waals surface area contributed by atoms with Gasteiger partial charge in [0.05, 0.1) is 19.3 Å².